The highest BCUT2D eigenvalue weighted by molar-refractivity contribution is 7.99. The van der Waals surface area contributed by atoms with Crippen LogP contribution in [0.4, 0.5) is 4.39 Å². The topological polar surface area (TPSA) is 29.9 Å². The van der Waals surface area contributed by atoms with Crippen LogP contribution >= 0.6 is 11.8 Å². The van der Waals surface area contributed by atoms with Crippen molar-refractivity contribution < 1.29 is 4.39 Å². The van der Waals surface area contributed by atoms with E-state index in [0.717, 1.165) is 17.3 Å². The number of aryl methyl sites for hydroxylation is 1. The second kappa shape index (κ2) is 5.35. The van der Waals surface area contributed by atoms with Crippen molar-refractivity contribution in [3.8, 4) is 0 Å². The summed E-state index contributed by atoms with van der Waals surface area (Å²) in [6.07, 6.45) is 6.06. The minimum absolute atomic E-state index is 0.178. The lowest BCUT2D eigenvalue weighted by Crippen LogP contribution is -2.15. The molecule has 0 saturated heterocycles. The van der Waals surface area contributed by atoms with Crippen molar-refractivity contribution in [3.05, 3.63) is 42.0 Å². The maximum Gasteiger partial charge on any atom is 0.172 e. The van der Waals surface area contributed by atoms with Gasteiger partial charge in [-0.15, -0.1) is 0 Å². The standard InChI is InChI=1S/C14H16FN3S/c1-18-7-6-16-14(18)19-13-5-2-10(8-12(13)15)9-17-11-3-4-11/h2,5-8,11,17H,3-4,9H2,1H3. The number of imidazole rings is 1. The van der Waals surface area contributed by atoms with Crippen molar-refractivity contribution in [2.75, 3.05) is 0 Å². The summed E-state index contributed by atoms with van der Waals surface area (Å²) in [4.78, 5) is 4.80. The summed E-state index contributed by atoms with van der Waals surface area (Å²) in [6, 6.07) is 6.06. The normalized spacial score (nSPS) is 14.8. The molecule has 1 aliphatic carbocycles. The first-order valence-corrected chi connectivity index (χ1v) is 7.21. The Kier molecular flexibility index (Phi) is 3.57. The molecular weight excluding hydrogens is 261 g/mol. The molecule has 0 spiro atoms. The fourth-order valence-electron chi connectivity index (χ4n) is 1.84. The first kappa shape index (κ1) is 12.7. The van der Waals surface area contributed by atoms with Gasteiger partial charge >= 0.3 is 0 Å². The molecule has 1 aliphatic rings. The largest absolute Gasteiger partial charge is 0.329 e. The summed E-state index contributed by atoms with van der Waals surface area (Å²) < 4.78 is 15.9. The highest BCUT2D eigenvalue weighted by atomic mass is 32.2. The summed E-state index contributed by atoms with van der Waals surface area (Å²) >= 11 is 1.35. The van der Waals surface area contributed by atoms with Gasteiger partial charge in [-0.05, 0) is 42.3 Å². The van der Waals surface area contributed by atoms with E-state index in [2.05, 4.69) is 10.3 Å². The Hall–Kier alpha value is -1.33. The number of nitrogens with zero attached hydrogens (tertiary/aromatic N) is 2. The zero-order valence-corrected chi connectivity index (χ0v) is 11.6. The Morgan fingerprint density at radius 3 is 2.95 bits per heavy atom. The monoisotopic (exact) mass is 277 g/mol. The van der Waals surface area contributed by atoms with Gasteiger partial charge in [0.2, 0.25) is 0 Å². The SMILES string of the molecule is Cn1ccnc1Sc1ccc(CNC2CC2)cc1F. The van der Waals surface area contributed by atoms with E-state index in [0.29, 0.717) is 10.9 Å². The van der Waals surface area contributed by atoms with Gasteiger partial charge in [-0.2, -0.15) is 0 Å². The van der Waals surface area contributed by atoms with Crippen LogP contribution in [-0.2, 0) is 13.6 Å². The highest BCUT2D eigenvalue weighted by Crippen LogP contribution is 2.29. The average Bonchev–Trinajstić information content (AvgIpc) is 3.14. The molecule has 3 nitrogen and oxygen atoms in total. The number of aromatic nitrogens is 2. The van der Waals surface area contributed by atoms with Crippen LogP contribution < -0.4 is 5.32 Å². The zero-order valence-electron chi connectivity index (χ0n) is 10.8. The van der Waals surface area contributed by atoms with E-state index in [1.54, 1.807) is 12.3 Å². The lowest BCUT2D eigenvalue weighted by molar-refractivity contribution is 0.594. The van der Waals surface area contributed by atoms with Crippen molar-refractivity contribution in [2.45, 2.75) is 35.5 Å². The summed E-state index contributed by atoms with van der Waals surface area (Å²) in [5.74, 6) is -0.178. The molecular formula is C14H16FN3S. The van der Waals surface area contributed by atoms with E-state index in [1.807, 2.05) is 29.9 Å². The molecule has 1 heterocycles. The number of hydrogen-bond donors (Lipinski definition) is 1. The molecule has 1 fully saturated rings. The second-order valence-electron chi connectivity index (χ2n) is 4.84. The third-order valence-electron chi connectivity index (χ3n) is 3.15. The van der Waals surface area contributed by atoms with Crippen LogP contribution in [0.2, 0.25) is 0 Å². The van der Waals surface area contributed by atoms with Gasteiger partial charge in [-0.1, -0.05) is 6.07 Å². The van der Waals surface area contributed by atoms with Gasteiger partial charge in [0, 0.05) is 32.0 Å². The van der Waals surface area contributed by atoms with Crippen LogP contribution in [0.25, 0.3) is 0 Å². The summed E-state index contributed by atoms with van der Waals surface area (Å²) in [5.41, 5.74) is 0.994. The van der Waals surface area contributed by atoms with Crippen molar-refractivity contribution in [2.24, 2.45) is 7.05 Å². The number of rotatable bonds is 5. The summed E-state index contributed by atoms with van der Waals surface area (Å²) in [6.45, 7) is 0.745. The third-order valence-corrected chi connectivity index (χ3v) is 4.27. The van der Waals surface area contributed by atoms with Gasteiger partial charge in [-0.3, -0.25) is 0 Å². The van der Waals surface area contributed by atoms with Crippen molar-refractivity contribution in [3.63, 3.8) is 0 Å². The Labute approximate surface area is 116 Å². The maximum atomic E-state index is 14.0. The Balaban J connectivity index is 1.70. The molecule has 0 amide bonds. The van der Waals surface area contributed by atoms with Crippen molar-refractivity contribution in [1.82, 2.24) is 14.9 Å². The maximum absolute atomic E-state index is 14.0. The zero-order chi connectivity index (χ0) is 13.2. The molecule has 19 heavy (non-hydrogen) atoms. The molecule has 0 bridgehead atoms. The first-order chi connectivity index (χ1) is 9.22. The molecule has 3 rings (SSSR count). The van der Waals surface area contributed by atoms with Crippen LogP contribution in [0.5, 0.6) is 0 Å². The molecule has 0 atom stereocenters. The molecule has 0 unspecified atom stereocenters. The van der Waals surface area contributed by atoms with Gasteiger partial charge < -0.3 is 9.88 Å². The molecule has 1 aromatic heterocycles. The lowest BCUT2D eigenvalue weighted by Gasteiger charge is -2.07. The van der Waals surface area contributed by atoms with Crippen molar-refractivity contribution >= 4 is 11.8 Å². The molecule has 2 aromatic rings. The van der Waals surface area contributed by atoms with E-state index >= 15 is 0 Å². The summed E-state index contributed by atoms with van der Waals surface area (Å²) in [5, 5.41) is 4.18. The number of benzene rings is 1. The van der Waals surface area contributed by atoms with E-state index in [4.69, 9.17) is 0 Å². The lowest BCUT2D eigenvalue weighted by atomic mass is 10.2. The molecule has 0 aliphatic heterocycles. The highest BCUT2D eigenvalue weighted by Gasteiger charge is 2.20. The Morgan fingerprint density at radius 1 is 1.47 bits per heavy atom. The van der Waals surface area contributed by atoms with Crippen LogP contribution in [0.1, 0.15) is 18.4 Å². The van der Waals surface area contributed by atoms with E-state index in [-0.39, 0.29) is 5.82 Å². The fourth-order valence-corrected chi connectivity index (χ4v) is 2.64. The first-order valence-electron chi connectivity index (χ1n) is 6.39. The van der Waals surface area contributed by atoms with E-state index in [1.165, 1.54) is 24.6 Å². The van der Waals surface area contributed by atoms with Gasteiger partial charge in [0.1, 0.15) is 5.82 Å². The minimum Gasteiger partial charge on any atom is -0.329 e. The molecule has 1 aromatic carbocycles. The predicted octanol–water partition coefficient (Wildman–Crippen LogP) is 2.96. The van der Waals surface area contributed by atoms with Gasteiger partial charge in [0.15, 0.2) is 5.16 Å². The van der Waals surface area contributed by atoms with E-state index < -0.39 is 0 Å². The van der Waals surface area contributed by atoms with Crippen LogP contribution in [-0.4, -0.2) is 15.6 Å². The van der Waals surface area contributed by atoms with Crippen molar-refractivity contribution in [1.29, 1.82) is 0 Å². The molecule has 0 radical (unpaired) electrons. The van der Waals surface area contributed by atoms with Crippen LogP contribution in [0.3, 0.4) is 0 Å². The van der Waals surface area contributed by atoms with Crippen LogP contribution in [0, 0.1) is 5.82 Å². The minimum atomic E-state index is -0.178. The molecule has 100 valence electrons. The third kappa shape index (κ3) is 3.16. The number of halogens is 1. The molecule has 1 saturated carbocycles. The Bertz CT molecular complexity index is 578. The average molecular weight is 277 g/mol. The smallest absolute Gasteiger partial charge is 0.172 e. The number of hydrogen-bond acceptors (Lipinski definition) is 3. The quantitative estimate of drug-likeness (QED) is 0.911. The van der Waals surface area contributed by atoms with Gasteiger partial charge in [0.25, 0.3) is 0 Å². The fraction of sp³-hybridized carbons (Fsp3) is 0.357. The summed E-state index contributed by atoms with van der Waals surface area (Å²) in [7, 11) is 1.90. The molecule has 5 heteroatoms. The van der Waals surface area contributed by atoms with Gasteiger partial charge in [-0.25, -0.2) is 9.37 Å². The second-order valence-corrected chi connectivity index (χ2v) is 5.85. The Morgan fingerprint density at radius 2 is 2.32 bits per heavy atom. The number of nitrogens with one attached hydrogen (secondary N) is 1. The van der Waals surface area contributed by atoms with Crippen LogP contribution in [0.15, 0.2) is 40.6 Å². The molecule has 1 N–H and O–H groups in total. The van der Waals surface area contributed by atoms with Gasteiger partial charge in [0.05, 0.1) is 4.90 Å². The predicted molar refractivity (Wildman–Crippen MR) is 73.6 cm³/mol. The van der Waals surface area contributed by atoms with E-state index in [9.17, 15) is 4.39 Å².